The highest BCUT2D eigenvalue weighted by Crippen LogP contribution is 2.21. The first-order valence-electron chi connectivity index (χ1n) is 4.92. The van der Waals surface area contributed by atoms with Gasteiger partial charge in [-0.3, -0.25) is 4.79 Å². The summed E-state index contributed by atoms with van der Waals surface area (Å²) in [6, 6.07) is 5.47. The first-order chi connectivity index (χ1) is 8.97. The minimum absolute atomic E-state index is 0.0385. The van der Waals surface area contributed by atoms with Crippen LogP contribution in [0.5, 0.6) is 0 Å². The van der Waals surface area contributed by atoms with Crippen molar-refractivity contribution in [2.75, 3.05) is 5.32 Å². The summed E-state index contributed by atoms with van der Waals surface area (Å²) in [7, 11) is 0. The summed E-state index contributed by atoms with van der Waals surface area (Å²) in [5.41, 5.74) is 0.347. The van der Waals surface area contributed by atoms with Gasteiger partial charge in [0.25, 0.3) is 5.91 Å². The van der Waals surface area contributed by atoms with Crippen LogP contribution >= 0.6 is 39.1 Å². The summed E-state index contributed by atoms with van der Waals surface area (Å²) in [6.07, 6.45) is 0. The maximum Gasteiger partial charge on any atom is 0.258 e. The van der Waals surface area contributed by atoms with Gasteiger partial charge in [-0.1, -0.05) is 23.2 Å². The van der Waals surface area contributed by atoms with Gasteiger partial charge >= 0.3 is 0 Å². The molecule has 0 bridgehead atoms. The smallest absolute Gasteiger partial charge is 0.258 e. The molecule has 0 spiro atoms. The van der Waals surface area contributed by atoms with E-state index in [-0.39, 0.29) is 21.6 Å². The molecule has 2 rings (SSSR count). The molecule has 0 unspecified atom stereocenters. The lowest BCUT2D eigenvalue weighted by Crippen LogP contribution is -2.13. The number of carbonyl (C=O) groups excluding carboxylic acids is 1. The molecule has 0 radical (unpaired) electrons. The highest BCUT2D eigenvalue weighted by atomic mass is 79.9. The fraction of sp³-hybridized carbons (Fsp3) is 0. The van der Waals surface area contributed by atoms with Gasteiger partial charge in [0.1, 0.15) is 5.82 Å². The number of hydrogen-bond donors (Lipinski definition) is 1. The zero-order valence-electron chi connectivity index (χ0n) is 9.12. The quantitative estimate of drug-likeness (QED) is 0.878. The molecule has 2 aromatic rings. The Morgan fingerprint density at radius 1 is 1.26 bits per heavy atom. The third-order valence-electron chi connectivity index (χ3n) is 2.14. The number of nitrogens with one attached hydrogen (secondary N) is 1. The Kier molecular flexibility index (Phi) is 4.34. The van der Waals surface area contributed by atoms with E-state index in [0.29, 0.717) is 4.47 Å². The third-order valence-corrected chi connectivity index (χ3v) is 3.25. The SMILES string of the molecule is O=C(Nc1ccc(Br)c(F)c1)c1cc(Cl)nnc1Cl. The third kappa shape index (κ3) is 3.40. The molecule has 0 saturated carbocycles. The Hall–Kier alpha value is -1.24. The molecule has 98 valence electrons. The molecule has 0 atom stereocenters. The maximum absolute atomic E-state index is 13.3. The number of halogens is 4. The van der Waals surface area contributed by atoms with Gasteiger partial charge in [-0.05, 0) is 40.2 Å². The van der Waals surface area contributed by atoms with Gasteiger partial charge in [0, 0.05) is 5.69 Å². The second-order valence-electron chi connectivity index (χ2n) is 3.45. The van der Waals surface area contributed by atoms with Crippen LogP contribution in [0.4, 0.5) is 10.1 Å². The molecule has 0 saturated heterocycles. The second kappa shape index (κ2) is 5.81. The van der Waals surface area contributed by atoms with Crippen LogP contribution in [-0.2, 0) is 0 Å². The number of rotatable bonds is 2. The average molecular weight is 365 g/mol. The van der Waals surface area contributed by atoms with E-state index in [4.69, 9.17) is 23.2 Å². The molecule has 0 aliphatic heterocycles. The van der Waals surface area contributed by atoms with Crippen LogP contribution in [0.1, 0.15) is 10.4 Å². The fourth-order valence-corrected chi connectivity index (χ4v) is 1.86. The van der Waals surface area contributed by atoms with Crippen molar-refractivity contribution in [2.24, 2.45) is 0 Å². The van der Waals surface area contributed by atoms with Crippen molar-refractivity contribution in [2.45, 2.75) is 0 Å². The topological polar surface area (TPSA) is 54.9 Å². The first-order valence-corrected chi connectivity index (χ1v) is 6.47. The van der Waals surface area contributed by atoms with Gasteiger partial charge in [0.05, 0.1) is 10.0 Å². The van der Waals surface area contributed by atoms with Gasteiger partial charge < -0.3 is 5.32 Å². The number of amides is 1. The fourth-order valence-electron chi connectivity index (χ4n) is 1.28. The number of benzene rings is 1. The predicted molar refractivity (Wildman–Crippen MR) is 74.1 cm³/mol. The van der Waals surface area contributed by atoms with Crippen LogP contribution in [0.2, 0.25) is 10.3 Å². The van der Waals surface area contributed by atoms with E-state index in [1.807, 2.05) is 0 Å². The lowest BCUT2D eigenvalue weighted by molar-refractivity contribution is 0.102. The molecular weight excluding hydrogens is 360 g/mol. The Bertz CT molecular complexity index is 654. The Morgan fingerprint density at radius 2 is 2.00 bits per heavy atom. The zero-order chi connectivity index (χ0) is 14.0. The van der Waals surface area contributed by atoms with E-state index in [1.54, 1.807) is 0 Å². The summed E-state index contributed by atoms with van der Waals surface area (Å²) in [6.45, 7) is 0. The Balaban J connectivity index is 2.25. The van der Waals surface area contributed by atoms with E-state index >= 15 is 0 Å². The van der Waals surface area contributed by atoms with Crippen LogP contribution in [0.15, 0.2) is 28.7 Å². The van der Waals surface area contributed by atoms with Crippen molar-refractivity contribution in [3.63, 3.8) is 0 Å². The van der Waals surface area contributed by atoms with Crippen molar-refractivity contribution in [3.05, 3.63) is 50.4 Å². The lowest BCUT2D eigenvalue weighted by Gasteiger charge is -2.06. The van der Waals surface area contributed by atoms with Gasteiger partial charge in [-0.15, -0.1) is 10.2 Å². The molecule has 1 amide bonds. The largest absolute Gasteiger partial charge is 0.322 e. The van der Waals surface area contributed by atoms with E-state index in [0.717, 1.165) is 0 Å². The van der Waals surface area contributed by atoms with Crippen molar-refractivity contribution in [3.8, 4) is 0 Å². The molecule has 0 aliphatic carbocycles. The first kappa shape index (κ1) is 14.2. The molecule has 0 fully saturated rings. The molecular formula is C11H5BrCl2FN3O. The van der Waals surface area contributed by atoms with Gasteiger partial charge in [-0.2, -0.15) is 0 Å². The highest BCUT2D eigenvalue weighted by molar-refractivity contribution is 9.10. The molecule has 1 N–H and O–H groups in total. The summed E-state index contributed by atoms with van der Waals surface area (Å²) in [4.78, 5) is 11.9. The second-order valence-corrected chi connectivity index (χ2v) is 5.05. The minimum Gasteiger partial charge on any atom is -0.322 e. The summed E-state index contributed by atoms with van der Waals surface area (Å²) in [5.74, 6) is -1.04. The van der Waals surface area contributed by atoms with E-state index in [2.05, 4.69) is 31.4 Å². The summed E-state index contributed by atoms with van der Waals surface area (Å²) in [5, 5.41) is 9.44. The highest BCUT2D eigenvalue weighted by Gasteiger charge is 2.14. The predicted octanol–water partition coefficient (Wildman–Crippen LogP) is 3.94. The molecule has 4 nitrogen and oxygen atoms in total. The number of hydrogen-bond acceptors (Lipinski definition) is 3. The van der Waals surface area contributed by atoms with Crippen LogP contribution in [0.3, 0.4) is 0 Å². The maximum atomic E-state index is 13.3. The van der Waals surface area contributed by atoms with Crippen LogP contribution in [0, 0.1) is 5.82 Å². The number of anilines is 1. The monoisotopic (exact) mass is 363 g/mol. The Morgan fingerprint density at radius 3 is 2.68 bits per heavy atom. The Labute approximate surface area is 126 Å². The standard InChI is InChI=1S/C11H5BrCl2FN3O/c12-7-2-1-5(3-8(7)15)16-11(19)6-4-9(13)17-18-10(6)14/h1-4H,(H,16,19). The molecule has 1 aromatic heterocycles. The van der Waals surface area contributed by atoms with Crippen molar-refractivity contribution in [1.82, 2.24) is 10.2 Å². The van der Waals surface area contributed by atoms with Crippen LogP contribution < -0.4 is 5.32 Å². The van der Waals surface area contributed by atoms with Crippen LogP contribution in [0.25, 0.3) is 0 Å². The molecule has 1 heterocycles. The lowest BCUT2D eigenvalue weighted by atomic mass is 10.2. The van der Waals surface area contributed by atoms with E-state index < -0.39 is 11.7 Å². The van der Waals surface area contributed by atoms with Crippen molar-refractivity contribution >= 4 is 50.7 Å². The van der Waals surface area contributed by atoms with Crippen molar-refractivity contribution in [1.29, 1.82) is 0 Å². The van der Waals surface area contributed by atoms with Crippen molar-refractivity contribution < 1.29 is 9.18 Å². The number of aromatic nitrogens is 2. The van der Waals surface area contributed by atoms with Gasteiger partial charge in [-0.25, -0.2) is 4.39 Å². The molecule has 19 heavy (non-hydrogen) atoms. The summed E-state index contributed by atoms with van der Waals surface area (Å²) < 4.78 is 13.6. The van der Waals surface area contributed by atoms with Gasteiger partial charge in [0.15, 0.2) is 10.3 Å². The van der Waals surface area contributed by atoms with Gasteiger partial charge in [0.2, 0.25) is 0 Å². The average Bonchev–Trinajstić information content (AvgIpc) is 2.36. The summed E-state index contributed by atoms with van der Waals surface area (Å²) >= 11 is 14.4. The normalized spacial score (nSPS) is 10.3. The van der Waals surface area contributed by atoms with E-state index in [1.165, 1.54) is 24.3 Å². The molecule has 0 aliphatic rings. The molecule has 8 heteroatoms. The van der Waals surface area contributed by atoms with Crippen LogP contribution in [-0.4, -0.2) is 16.1 Å². The minimum atomic E-state index is -0.552. The molecule has 1 aromatic carbocycles. The number of nitrogens with zero attached hydrogens (tertiary/aromatic N) is 2. The zero-order valence-corrected chi connectivity index (χ0v) is 12.2. The van der Waals surface area contributed by atoms with E-state index in [9.17, 15) is 9.18 Å². The number of carbonyl (C=O) groups is 1.